The first-order valence-corrected chi connectivity index (χ1v) is 8.74. The Bertz CT molecular complexity index is 1050. The van der Waals surface area contributed by atoms with E-state index in [0.29, 0.717) is 16.9 Å². The second-order valence-corrected chi connectivity index (χ2v) is 6.52. The van der Waals surface area contributed by atoms with Crippen molar-refractivity contribution in [2.75, 3.05) is 0 Å². The van der Waals surface area contributed by atoms with Crippen molar-refractivity contribution in [2.45, 2.75) is 20.8 Å². The molecule has 0 unspecified atom stereocenters. The van der Waals surface area contributed by atoms with E-state index in [-0.39, 0.29) is 11.5 Å². The van der Waals surface area contributed by atoms with Crippen LogP contribution < -0.4 is 10.9 Å². The molecule has 3 rings (SSSR count). The summed E-state index contributed by atoms with van der Waals surface area (Å²) < 4.78 is 5.56. The minimum Gasteiger partial charge on any atom is -0.451 e. The zero-order valence-electron chi connectivity index (χ0n) is 15.8. The fraction of sp³-hybridized carbons (Fsp3) is 0.136. The predicted octanol–water partition coefficient (Wildman–Crippen LogP) is 3.84. The Labute approximate surface area is 162 Å². The highest BCUT2D eigenvalue weighted by molar-refractivity contribution is 5.99. The molecule has 2 aromatic carbocycles. The molecule has 28 heavy (non-hydrogen) atoms. The van der Waals surface area contributed by atoms with E-state index in [2.05, 4.69) is 10.9 Å². The molecule has 1 heterocycles. The number of hydrogen-bond acceptors (Lipinski definition) is 4. The minimum atomic E-state index is -0.565. The van der Waals surface area contributed by atoms with Gasteiger partial charge in [-0.25, -0.2) is 0 Å². The molecule has 2 amide bonds. The van der Waals surface area contributed by atoms with Gasteiger partial charge < -0.3 is 4.42 Å². The average molecular weight is 376 g/mol. The van der Waals surface area contributed by atoms with Crippen molar-refractivity contribution in [3.8, 4) is 11.3 Å². The zero-order valence-corrected chi connectivity index (χ0v) is 15.8. The van der Waals surface area contributed by atoms with E-state index < -0.39 is 11.8 Å². The zero-order chi connectivity index (χ0) is 20.3. The molecular weight excluding hydrogens is 356 g/mol. The third-order valence-corrected chi connectivity index (χ3v) is 4.32. The number of rotatable bonds is 4. The van der Waals surface area contributed by atoms with Gasteiger partial charge in [-0.1, -0.05) is 42.0 Å². The van der Waals surface area contributed by atoms with Crippen LogP contribution in [0.25, 0.3) is 11.3 Å². The molecule has 2 N–H and O–H groups in total. The minimum absolute atomic E-state index is 0.0226. The number of hydrogen-bond donors (Lipinski definition) is 2. The second-order valence-electron chi connectivity index (χ2n) is 6.52. The molecule has 0 aliphatic carbocycles. The lowest BCUT2D eigenvalue weighted by Crippen LogP contribution is -2.41. The molecule has 6 nitrogen and oxygen atoms in total. The normalized spacial score (nSPS) is 10.4. The molecular formula is C22H20N2O4. The molecule has 0 fully saturated rings. The Hall–Kier alpha value is -3.67. The number of carbonyl (C=O) groups excluding carboxylic acids is 3. The van der Waals surface area contributed by atoms with Gasteiger partial charge in [0.25, 0.3) is 5.91 Å². The van der Waals surface area contributed by atoms with Crippen molar-refractivity contribution >= 4 is 17.6 Å². The van der Waals surface area contributed by atoms with Crippen LogP contribution in [0.2, 0.25) is 0 Å². The van der Waals surface area contributed by atoms with Crippen molar-refractivity contribution in [2.24, 2.45) is 0 Å². The summed E-state index contributed by atoms with van der Waals surface area (Å²) in [7, 11) is 0. The molecule has 3 aromatic rings. The lowest BCUT2D eigenvalue weighted by molar-refractivity contribution is 0.0831. The molecule has 0 atom stereocenters. The monoisotopic (exact) mass is 376 g/mol. The van der Waals surface area contributed by atoms with Crippen LogP contribution in [-0.2, 0) is 0 Å². The van der Waals surface area contributed by atoms with Gasteiger partial charge in [0.1, 0.15) is 5.76 Å². The van der Waals surface area contributed by atoms with Gasteiger partial charge in [-0.05, 0) is 44.5 Å². The van der Waals surface area contributed by atoms with Gasteiger partial charge in [-0.3, -0.25) is 25.2 Å². The quantitative estimate of drug-likeness (QED) is 0.535. The van der Waals surface area contributed by atoms with Crippen molar-refractivity contribution in [1.82, 2.24) is 10.9 Å². The summed E-state index contributed by atoms with van der Waals surface area (Å²) in [5.41, 5.74) is 8.44. The summed E-state index contributed by atoms with van der Waals surface area (Å²) in [5, 5.41) is 0. The standard InChI is InChI=1S/C22H20N2O4/c1-13-4-9-18(14(2)12-13)21(26)23-24-22(27)20-11-10-19(28-20)17-7-5-16(6-8-17)15(3)25/h4-12H,1-3H3,(H,23,26)(H,24,27). The van der Waals surface area contributed by atoms with Gasteiger partial charge in [0.2, 0.25) is 0 Å². The summed E-state index contributed by atoms with van der Waals surface area (Å²) in [4.78, 5) is 35.8. The fourth-order valence-corrected chi connectivity index (χ4v) is 2.80. The van der Waals surface area contributed by atoms with Crippen molar-refractivity contribution in [1.29, 1.82) is 0 Å². The topological polar surface area (TPSA) is 88.4 Å². The molecule has 0 aliphatic rings. The van der Waals surface area contributed by atoms with Crippen LogP contribution in [0, 0.1) is 13.8 Å². The average Bonchev–Trinajstić information content (AvgIpc) is 3.16. The number of benzene rings is 2. The van der Waals surface area contributed by atoms with Crippen molar-refractivity contribution in [3.05, 3.63) is 82.6 Å². The summed E-state index contributed by atoms with van der Waals surface area (Å²) in [5.74, 6) is -0.444. The maximum Gasteiger partial charge on any atom is 0.305 e. The van der Waals surface area contributed by atoms with Gasteiger partial charge in [-0.2, -0.15) is 0 Å². The van der Waals surface area contributed by atoms with Crippen LogP contribution in [0.4, 0.5) is 0 Å². The molecule has 0 radical (unpaired) electrons. The van der Waals surface area contributed by atoms with E-state index in [9.17, 15) is 14.4 Å². The van der Waals surface area contributed by atoms with Crippen LogP contribution in [-0.4, -0.2) is 17.6 Å². The third kappa shape index (κ3) is 4.17. The Balaban J connectivity index is 1.65. The maximum absolute atomic E-state index is 12.2. The number of aryl methyl sites for hydroxylation is 2. The predicted molar refractivity (Wildman–Crippen MR) is 105 cm³/mol. The first-order chi connectivity index (χ1) is 13.3. The van der Waals surface area contributed by atoms with E-state index in [0.717, 1.165) is 16.7 Å². The number of hydrazine groups is 1. The molecule has 6 heteroatoms. The van der Waals surface area contributed by atoms with E-state index in [1.54, 1.807) is 36.4 Å². The van der Waals surface area contributed by atoms with Crippen LogP contribution in [0.15, 0.2) is 59.0 Å². The van der Waals surface area contributed by atoms with Crippen LogP contribution in [0.5, 0.6) is 0 Å². The SMILES string of the molecule is CC(=O)c1ccc(-c2ccc(C(=O)NNC(=O)c3ccc(C)cc3C)o2)cc1. The first-order valence-electron chi connectivity index (χ1n) is 8.74. The van der Waals surface area contributed by atoms with Crippen LogP contribution >= 0.6 is 0 Å². The van der Waals surface area contributed by atoms with Crippen LogP contribution in [0.1, 0.15) is 49.3 Å². The molecule has 1 aromatic heterocycles. The molecule has 0 saturated heterocycles. The van der Waals surface area contributed by atoms with Gasteiger partial charge in [0.05, 0.1) is 0 Å². The Morgan fingerprint density at radius 1 is 0.821 bits per heavy atom. The smallest absolute Gasteiger partial charge is 0.305 e. The van der Waals surface area contributed by atoms with E-state index in [1.165, 1.54) is 13.0 Å². The summed E-state index contributed by atoms with van der Waals surface area (Å²) in [6.45, 7) is 5.27. The second kappa shape index (κ2) is 7.92. The van der Waals surface area contributed by atoms with Gasteiger partial charge in [0, 0.05) is 16.7 Å². The van der Waals surface area contributed by atoms with E-state index in [4.69, 9.17) is 4.42 Å². The highest BCUT2D eigenvalue weighted by Gasteiger charge is 2.15. The first kappa shape index (κ1) is 19.1. The number of furan rings is 1. The number of nitrogens with one attached hydrogen (secondary N) is 2. The van der Waals surface area contributed by atoms with Crippen LogP contribution in [0.3, 0.4) is 0 Å². The lowest BCUT2D eigenvalue weighted by Gasteiger charge is -2.08. The third-order valence-electron chi connectivity index (χ3n) is 4.32. The lowest BCUT2D eigenvalue weighted by atomic mass is 10.1. The number of amides is 2. The molecule has 0 saturated carbocycles. The fourth-order valence-electron chi connectivity index (χ4n) is 2.80. The maximum atomic E-state index is 12.2. The molecule has 0 bridgehead atoms. The Morgan fingerprint density at radius 3 is 2.14 bits per heavy atom. The van der Waals surface area contributed by atoms with E-state index in [1.807, 2.05) is 26.0 Å². The van der Waals surface area contributed by atoms with Gasteiger partial charge in [-0.15, -0.1) is 0 Å². The van der Waals surface area contributed by atoms with Gasteiger partial charge in [0.15, 0.2) is 11.5 Å². The highest BCUT2D eigenvalue weighted by atomic mass is 16.4. The Kier molecular flexibility index (Phi) is 5.40. The van der Waals surface area contributed by atoms with Crippen molar-refractivity contribution < 1.29 is 18.8 Å². The summed E-state index contributed by atoms with van der Waals surface area (Å²) in [6, 6.07) is 15.5. The number of carbonyl (C=O) groups is 3. The molecule has 142 valence electrons. The molecule has 0 aliphatic heterocycles. The number of ketones is 1. The van der Waals surface area contributed by atoms with Gasteiger partial charge >= 0.3 is 5.91 Å². The van der Waals surface area contributed by atoms with E-state index >= 15 is 0 Å². The summed E-state index contributed by atoms with van der Waals surface area (Å²) in [6.07, 6.45) is 0. The highest BCUT2D eigenvalue weighted by Crippen LogP contribution is 2.22. The Morgan fingerprint density at radius 2 is 1.50 bits per heavy atom. The largest absolute Gasteiger partial charge is 0.451 e. The molecule has 0 spiro atoms. The number of Topliss-reactive ketones (excluding diaryl/α,β-unsaturated/α-hetero) is 1. The van der Waals surface area contributed by atoms with Crippen molar-refractivity contribution in [3.63, 3.8) is 0 Å². The summed E-state index contributed by atoms with van der Waals surface area (Å²) >= 11 is 0.